The number of hydrogen-bond acceptors (Lipinski definition) is 4. The van der Waals surface area contributed by atoms with Gasteiger partial charge in [-0.2, -0.15) is 0 Å². The molecule has 3 heterocycles. The normalized spacial score (nSPS) is 11.2. The molecule has 0 unspecified atom stereocenters. The number of thiophene rings is 1. The van der Waals surface area contributed by atoms with Crippen LogP contribution in [0, 0.1) is 19.8 Å². The number of carbonyl (C=O) groups excluding carboxylic acids is 1. The number of thiazole rings is 1. The van der Waals surface area contributed by atoms with Crippen LogP contribution in [0.4, 0.5) is 0 Å². The Morgan fingerprint density at radius 3 is 2.72 bits per heavy atom. The van der Waals surface area contributed by atoms with Gasteiger partial charge in [-0.3, -0.25) is 4.79 Å². The Hall–Kier alpha value is -1.92. The molecule has 4 nitrogen and oxygen atoms in total. The first-order chi connectivity index (χ1) is 12.0. The van der Waals surface area contributed by atoms with E-state index >= 15 is 0 Å². The zero-order valence-electron chi connectivity index (χ0n) is 15.0. The molecule has 0 saturated heterocycles. The van der Waals surface area contributed by atoms with Crippen molar-refractivity contribution in [3.63, 3.8) is 0 Å². The van der Waals surface area contributed by atoms with E-state index in [1.165, 1.54) is 4.88 Å². The molecule has 25 heavy (non-hydrogen) atoms. The van der Waals surface area contributed by atoms with Crippen LogP contribution in [0.15, 0.2) is 29.0 Å². The Balaban J connectivity index is 2.00. The highest BCUT2D eigenvalue weighted by Gasteiger charge is 2.20. The Morgan fingerprint density at radius 2 is 2.12 bits per heavy atom. The van der Waals surface area contributed by atoms with Gasteiger partial charge in [-0.25, -0.2) is 4.98 Å². The van der Waals surface area contributed by atoms with Crippen molar-refractivity contribution < 1.29 is 4.79 Å². The molecule has 1 N–H and O–H groups in total. The smallest absolute Gasteiger partial charge is 0.253 e. The summed E-state index contributed by atoms with van der Waals surface area (Å²) >= 11 is 3.36. The number of amides is 1. The number of nitrogens with one attached hydrogen (secondary N) is 1. The maximum atomic E-state index is 12.6. The van der Waals surface area contributed by atoms with Gasteiger partial charge in [0.25, 0.3) is 5.91 Å². The van der Waals surface area contributed by atoms with E-state index in [9.17, 15) is 4.79 Å². The molecule has 0 aliphatic carbocycles. The van der Waals surface area contributed by atoms with Gasteiger partial charge in [0.15, 0.2) is 0 Å². The highest BCUT2D eigenvalue weighted by atomic mass is 32.1. The van der Waals surface area contributed by atoms with Crippen molar-refractivity contribution in [3.8, 4) is 11.4 Å². The van der Waals surface area contributed by atoms with Gasteiger partial charge < -0.3 is 9.88 Å². The molecule has 132 valence electrons. The summed E-state index contributed by atoms with van der Waals surface area (Å²) in [5.74, 6) is 0.419. The van der Waals surface area contributed by atoms with Crippen LogP contribution in [0.5, 0.6) is 0 Å². The molecular weight excluding hydrogens is 350 g/mol. The van der Waals surface area contributed by atoms with Crippen molar-refractivity contribution in [2.24, 2.45) is 5.92 Å². The van der Waals surface area contributed by atoms with Gasteiger partial charge in [0.2, 0.25) is 0 Å². The Bertz CT molecular complexity index is 860. The average molecular weight is 374 g/mol. The van der Waals surface area contributed by atoms with Crippen LogP contribution < -0.4 is 5.32 Å². The second-order valence-electron chi connectivity index (χ2n) is 6.55. The summed E-state index contributed by atoms with van der Waals surface area (Å²) in [6, 6.07) is 6.16. The minimum absolute atomic E-state index is 0.00988. The Kier molecular flexibility index (Phi) is 5.39. The Morgan fingerprint density at radius 1 is 1.32 bits per heavy atom. The summed E-state index contributed by atoms with van der Waals surface area (Å²) in [5, 5.41) is 8.20. The molecule has 0 aliphatic heterocycles. The fourth-order valence-corrected chi connectivity index (χ4v) is 4.02. The topological polar surface area (TPSA) is 46.9 Å². The highest BCUT2D eigenvalue weighted by Crippen LogP contribution is 2.28. The van der Waals surface area contributed by atoms with Crippen LogP contribution in [0.2, 0.25) is 0 Å². The summed E-state index contributed by atoms with van der Waals surface area (Å²) in [4.78, 5) is 18.5. The van der Waals surface area contributed by atoms with Crippen LogP contribution in [-0.4, -0.2) is 22.0 Å². The maximum absolute atomic E-state index is 12.6. The molecule has 0 atom stereocenters. The quantitative estimate of drug-likeness (QED) is 0.679. The molecule has 3 rings (SSSR count). The molecule has 0 fully saturated rings. The van der Waals surface area contributed by atoms with Crippen LogP contribution in [-0.2, 0) is 6.54 Å². The van der Waals surface area contributed by atoms with Crippen LogP contribution in [0.25, 0.3) is 11.4 Å². The van der Waals surface area contributed by atoms with Gasteiger partial charge in [0.1, 0.15) is 0 Å². The lowest BCUT2D eigenvalue weighted by Crippen LogP contribution is -2.27. The van der Waals surface area contributed by atoms with E-state index in [1.807, 2.05) is 19.9 Å². The lowest BCUT2D eigenvalue weighted by atomic mass is 10.2. The largest absolute Gasteiger partial charge is 0.352 e. The van der Waals surface area contributed by atoms with E-state index in [1.54, 1.807) is 22.7 Å². The minimum Gasteiger partial charge on any atom is -0.352 e. The van der Waals surface area contributed by atoms with Crippen LogP contribution in [0.1, 0.15) is 39.8 Å². The molecule has 0 radical (unpaired) electrons. The van der Waals surface area contributed by atoms with Gasteiger partial charge in [-0.15, -0.1) is 22.7 Å². The van der Waals surface area contributed by atoms with Crippen molar-refractivity contribution in [2.45, 2.75) is 34.2 Å². The predicted octanol–water partition coefficient (Wildman–Crippen LogP) is 4.72. The molecule has 0 aliphatic rings. The number of hydrogen-bond donors (Lipinski definition) is 1. The third-order valence-corrected chi connectivity index (χ3v) is 5.69. The van der Waals surface area contributed by atoms with Gasteiger partial charge in [0.05, 0.1) is 28.5 Å². The molecule has 0 saturated carbocycles. The van der Waals surface area contributed by atoms with Crippen molar-refractivity contribution in [1.29, 1.82) is 0 Å². The monoisotopic (exact) mass is 373 g/mol. The van der Waals surface area contributed by atoms with Gasteiger partial charge >= 0.3 is 0 Å². The molecule has 1 amide bonds. The second kappa shape index (κ2) is 7.54. The van der Waals surface area contributed by atoms with E-state index in [0.29, 0.717) is 12.5 Å². The van der Waals surface area contributed by atoms with E-state index in [-0.39, 0.29) is 5.91 Å². The standard InChI is InChI=1S/C19H23N3OS2/c1-12(2)9-20-19(23)16-8-18(17-11-25-14(4)21-17)22(13(16)3)10-15-6-5-7-24-15/h5-8,11-12H,9-10H2,1-4H3,(H,20,23). The van der Waals surface area contributed by atoms with Gasteiger partial charge in [-0.05, 0) is 37.3 Å². The van der Waals surface area contributed by atoms with Crippen molar-refractivity contribution in [3.05, 3.63) is 50.1 Å². The molecule has 6 heteroatoms. The highest BCUT2D eigenvalue weighted by molar-refractivity contribution is 7.10. The van der Waals surface area contributed by atoms with Gasteiger partial charge in [0, 0.05) is 22.5 Å². The average Bonchev–Trinajstić information content (AvgIpc) is 3.28. The molecule has 0 aromatic carbocycles. The number of aryl methyl sites for hydroxylation is 1. The summed E-state index contributed by atoms with van der Waals surface area (Å²) in [6.07, 6.45) is 0. The maximum Gasteiger partial charge on any atom is 0.253 e. The lowest BCUT2D eigenvalue weighted by molar-refractivity contribution is 0.0948. The zero-order valence-corrected chi connectivity index (χ0v) is 16.6. The van der Waals surface area contributed by atoms with E-state index in [0.717, 1.165) is 34.2 Å². The SMILES string of the molecule is Cc1nc(-c2cc(C(=O)NCC(C)C)c(C)n2Cc2cccs2)cs1. The number of nitrogens with zero attached hydrogens (tertiary/aromatic N) is 2. The second-order valence-corrected chi connectivity index (χ2v) is 8.64. The van der Waals surface area contributed by atoms with Crippen LogP contribution in [0.3, 0.4) is 0 Å². The van der Waals surface area contributed by atoms with Gasteiger partial charge in [-0.1, -0.05) is 19.9 Å². The minimum atomic E-state index is -0.00988. The summed E-state index contributed by atoms with van der Waals surface area (Å²) in [7, 11) is 0. The fourth-order valence-electron chi connectivity index (χ4n) is 2.72. The van der Waals surface area contributed by atoms with E-state index < -0.39 is 0 Å². The molecular formula is C19H23N3OS2. The fraction of sp³-hybridized carbons (Fsp3) is 0.368. The molecule has 3 aromatic rings. The molecule has 0 bridgehead atoms. The lowest BCUT2D eigenvalue weighted by Gasteiger charge is -2.10. The number of carbonyl (C=O) groups is 1. The van der Waals surface area contributed by atoms with E-state index in [4.69, 9.17) is 0 Å². The number of rotatable bonds is 6. The third kappa shape index (κ3) is 4.02. The molecule has 0 spiro atoms. The number of aromatic nitrogens is 2. The third-order valence-electron chi connectivity index (χ3n) is 4.06. The summed E-state index contributed by atoms with van der Waals surface area (Å²) < 4.78 is 2.20. The Labute approximate surface area is 156 Å². The van der Waals surface area contributed by atoms with Crippen molar-refractivity contribution >= 4 is 28.6 Å². The summed E-state index contributed by atoms with van der Waals surface area (Å²) in [6.45, 7) is 9.65. The zero-order chi connectivity index (χ0) is 18.0. The van der Waals surface area contributed by atoms with Crippen LogP contribution >= 0.6 is 22.7 Å². The first-order valence-electron chi connectivity index (χ1n) is 8.39. The molecule has 3 aromatic heterocycles. The van der Waals surface area contributed by atoms with Crippen molar-refractivity contribution in [2.75, 3.05) is 6.54 Å². The van der Waals surface area contributed by atoms with Crippen molar-refractivity contribution in [1.82, 2.24) is 14.9 Å². The first-order valence-corrected chi connectivity index (χ1v) is 10.1. The first kappa shape index (κ1) is 17.9. The predicted molar refractivity (Wildman–Crippen MR) is 106 cm³/mol. The summed E-state index contributed by atoms with van der Waals surface area (Å²) in [5.41, 5.74) is 3.66. The van der Waals surface area contributed by atoms with E-state index in [2.05, 4.69) is 51.6 Å².